The minimum Gasteiger partial charge on any atom is -0.506 e. The molecule has 0 radical (unpaired) electrons. The number of ether oxygens (including phenoxy) is 1. The summed E-state index contributed by atoms with van der Waals surface area (Å²) in [5, 5.41) is 37.6. The second-order valence-electron chi connectivity index (χ2n) is 9.27. The molecule has 0 aliphatic rings. The maximum Gasteiger partial charge on any atom is 0.343 e. The number of aromatic nitrogens is 2. The number of unbranched alkanes of at least 4 members (excludes halogenated alkanes) is 1. The standard InChI is InChI=1S/C16H19N5O4.C13H10O6/c1-3-4-5-11-13(14(15(17)23)21(2)19-11)18-16(24)9-6-7-10(20-25)12(22)8-9;1-7-12(10(15)4-5-18-7)19-13(17)8-2-3-9(14)11(16)6-8/h6-8,22H,3-5H2,1-2H3,(H2,17,23)(H,18,24);2-6,14,16H,1H3. The van der Waals surface area contributed by atoms with Gasteiger partial charge in [-0.05, 0) is 61.3 Å². The second kappa shape index (κ2) is 14.3. The molecule has 4 aromatic rings. The largest absolute Gasteiger partial charge is 0.506 e. The van der Waals surface area contributed by atoms with Crippen LogP contribution < -0.4 is 21.2 Å². The van der Waals surface area contributed by atoms with E-state index in [1.54, 1.807) is 7.05 Å². The Morgan fingerprint density at radius 2 is 1.73 bits per heavy atom. The van der Waals surface area contributed by atoms with Crippen LogP contribution in [0.15, 0.2) is 63.1 Å². The van der Waals surface area contributed by atoms with Crippen LogP contribution in [-0.4, -0.2) is 42.9 Å². The minimum absolute atomic E-state index is 0.00190. The molecule has 0 aliphatic carbocycles. The molecule has 2 amide bonds. The van der Waals surface area contributed by atoms with Crippen molar-refractivity contribution in [3.05, 3.63) is 92.1 Å². The molecule has 4 rings (SSSR count). The predicted octanol–water partition coefficient (Wildman–Crippen LogP) is 3.80. The van der Waals surface area contributed by atoms with E-state index in [1.165, 1.54) is 36.1 Å². The fraction of sp³-hybridized carbons (Fsp3) is 0.207. The summed E-state index contributed by atoms with van der Waals surface area (Å²) in [5.74, 6) is -3.37. The molecule has 0 bridgehead atoms. The Bertz CT molecular complexity index is 1780. The highest BCUT2D eigenvalue weighted by Gasteiger charge is 2.23. The summed E-state index contributed by atoms with van der Waals surface area (Å²) in [7, 11) is 1.57. The van der Waals surface area contributed by atoms with Crippen LogP contribution in [0.5, 0.6) is 23.0 Å². The molecule has 0 saturated heterocycles. The Morgan fingerprint density at radius 1 is 1.05 bits per heavy atom. The Hall–Kier alpha value is -5.99. The number of nitrogens with one attached hydrogen (secondary N) is 1. The minimum atomic E-state index is -0.836. The van der Waals surface area contributed by atoms with Crippen molar-refractivity contribution in [2.75, 3.05) is 5.32 Å². The number of phenolic OH excluding ortho intramolecular Hbond substituents is 3. The van der Waals surface area contributed by atoms with Gasteiger partial charge in [0, 0.05) is 18.7 Å². The molecule has 0 saturated carbocycles. The maximum atomic E-state index is 12.5. The first-order valence-electron chi connectivity index (χ1n) is 13.0. The molecule has 0 fully saturated rings. The summed E-state index contributed by atoms with van der Waals surface area (Å²) in [5.41, 5.74) is 5.75. The van der Waals surface area contributed by atoms with Crippen molar-refractivity contribution in [1.29, 1.82) is 0 Å². The number of aryl methyl sites for hydroxylation is 3. The lowest BCUT2D eigenvalue weighted by molar-refractivity contribution is 0.0726. The molecular formula is C29H29N5O10. The molecule has 6 N–H and O–H groups in total. The van der Waals surface area contributed by atoms with E-state index in [4.69, 9.17) is 20.0 Å². The van der Waals surface area contributed by atoms with Crippen LogP contribution in [0.1, 0.15) is 62.4 Å². The SMILES string of the molecule is CCCCc1nn(C)c(C(N)=O)c1NC(=O)c1ccc(N=O)c(O)c1.Cc1occc(=O)c1OC(=O)c1ccc(O)c(O)c1. The van der Waals surface area contributed by atoms with Crippen molar-refractivity contribution in [1.82, 2.24) is 9.78 Å². The number of benzene rings is 2. The average Bonchev–Trinajstić information content (AvgIpc) is 3.29. The van der Waals surface area contributed by atoms with Crippen molar-refractivity contribution >= 4 is 29.2 Å². The molecular weight excluding hydrogens is 578 g/mol. The third-order valence-corrected chi connectivity index (χ3v) is 6.11. The number of phenols is 3. The second-order valence-corrected chi connectivity index (χ2v) is 9.27. The number of hydrogen-bond donors (Lipinski definition) is 5. The smallest absolute Gasteiger partial charge is 0.343 e. The fourth-order valence-corrected chi connectivity index (χ4v) is 3.87. The van der Waals surface area contributed by atoms with Crippen LogP contribution in [0.4, 0.5) is 11.4 Å². The molecule has 0 atom stereocenters. The Labute approximate surface area is 249 Å². The molecule has 2 heterocycles. The molecule has 230 valence electrons. The highest BCUT2D eigenvalue weighted by molar-refractivity contribution is 6.09. The summed E-state index contributed by atoms with van der Waals surface area (Å²) < 4.78 is 11.2. The topological polar surface area (TPSA) is 237 Å². The van der Waals surface area contributed by atoms with Crippen LogP contribution >= 0.6 is 0 Å². The summed E-state index contributed by atoms with van der Waals surface area (Å²) in [6.45, 7) is 3.50. The zero-order valence-electron chi connectivity index (χ0n) is 23.9. The lowest BCUT2D eigenvalue weighted by Crippen LogP contribution is -2.20. The van der Waals surface area contributed by atoms with E-state index >= 15 is 0 Å². The quantitative estimate of drug-likeness (QED) is 0.104. The molecule has 0 aliphatic heterocycles. The third-order valence-electron chi connectivity index (χ3n) is 6.11. The highest BCUT2D eigenvalue weighted by atomic mass is 16.5. The van der Waals surface area contributed by atoms with Gasteiger partial charge >= 0.3 is 5.97 Å². The van der Waals surface area contributed by atoms with Crippen LogP contribution in [0.2, 0.25) is 0 Å². The van der Waals surface area contributed by atoms with E-state index in [0.717, 1.165) is 37.1 Å². The molecule has 15 heteroatoms. The monoisotopic (exact) mass is 607 g/mol. The van der Waals surface area contributed by atoms with Gasteiger partial charge in [-0.2, -0.15) is 5.10 Å². The number of nitrogens with zero attached hydrogens (tertiary/aromatic N) is 3. The number of esters is 1. The van der Waals surface area contributed by atoms with Gasteiger partial charge in [-0.15, -0.1) is 4.91 Å². The van der Waals surface area contributed by atoms with E-state index < -0.39 is 34.7 Å². The first-order chi connectivity index (χ1) is 20.9. The van der Waals surface area contributed by atoms with Crippen molar-refractivity contribution in [2.45, 2.75) is 33.1 Å². The summed E-state index contributed by atoms with van der Waals surface area (Å²) >= 11 is 0. The number of primary amides is 1. The molecule has 44 heavy (non-hydrogen) atoms. The molecule has 0 spiro atoms. The number of rotatable bonds is 9. The summed E-state index contributed by atoms with van der Waals surface area (Å²) in [4.78, 5) is 57.9. The summed E-state index contributed by atoms with van der Waals surface area (Å²) in [6, 6.07) is 8.27. The summed E-state index contributed by atoms with van der Waals surface area (Å²) in [6.07, 6.45) is 3.52. The van der Waals surface area contributed by atoms with Crippen LogP contribution in [-0.2, 0) is 13.5 Å². The van der Waals surface area contributed by atoms with E-state index in [9.17, 15) is 34.3 Å². The van der Waals surface area contributed by atoms with Crippen LogP contribution in [0.3, 0.4) is 0 Å². The lowest BCUT2D eigenvalue weighted by atomic mass is 10.1. The van der Waals surface area contributed by atoms with Gasteiger partial charge in [0.2, 0.25) is 11.2 Å². The van der Waals surface area contributed by atoms with Crippen LogP contribution in [0, 0.1) is 11.8 Å². The fourth-order valence-electron chi connectivity index (χ4n) is 3.87. The van der Waals surface area contributed by atoms with Gasteiger partial charge in [-0.3, -0.25) is 19.1 Å². The normalized spacial score (nSPS) is 10.3. The first-order valence-corrected chi connectivity index (χ1v) is 13.0. The number of nitrogens with two attached hydrogens (primary N) is 1. The Balaban J connectivity index is 0.000000249. The lowest BCUT2D eigenvalue weighted by Gasteiger charge is -2.08. The zero-order valence-corrected chi connectivity index (χ0v) is 23.9. The van der Waals surface area contributed by atoms with Crippen molar-refractivity contribution in [2.24, 2.45) is 18.0 Å². The van der Waals surface area contributed by atoms with Crippen molar-refractivity contribution in [3.63, 3.8) is 0 Å². The first kappa shape index (κ1) is 32.5. The van der Waals surface area contributed by atoms with Crippen molar-refractivity contribution < 1.29 is 38.9 Å². The Morgan fingerprint density at radius 3 is 2.32 bits per heavy atom. The van der Waals surface area contributed by atoms with Gasteiger partial charge in [0.05, 0.1) is 23.2 Å². The van der Waals surface area contributed by atoms with Gasteiger partial charge in [0.1, 0.15) is 22.9 Å². The van der Waals surface area contributed by atoms with Crippen molar-refractivity contribution in [3.8, 4) is 23.0 Å². The van der Waals surface area contributed by atoms with Gasteiger partial charge in [-0.25, -0.2) is 4.79 Å². The number of aromatic hydroxyl groups is 3. The number of anilines is 1. The third kappa shape index (κ3) is 7.64. The molecule has 15 nitrogen and oxygen atoms in total. The highest BCUT2D eigenvalue weighted by Crippen LogP contribution is 2.29. The molecule has 2 aromatic carbocycles. The molecule has 0 unspecified atom stereocenters. The van der Waals surface area contributed by atoms with E-state index in [-0.39, 0.29) is 45.5 Å². The van der Waals surface area contributed by atoms with Gasteiger partial charge in [-0.1, -0.05) is 13.3 Å². The average molecular weight is 608 g/mol. The maximum absolute atomic E-state index is 12.5. The van der Waals surface area contributed by atoms with E-state index in [2.05, 4.69) is 15.6 Å². The predicted molar refractivity (Wildman–Crippen MR) is 156 cm³/mol. The molecule has 2 aromatic heterocycles. The number of hydrogen-bond acceptors (Lipinski definition) is 12. The van der Waals surface area contributed by atoms with Gasteiger partial charge in [0.15, 0.2) is 11.5 Å². The van der Waals surface area contributed by atoms with Crippen LogP contribution in [0.25, 0.3) is 0 Å². The number of nitroso groups, excluding NO2 is 1. The van der Waals surface area contributed by atoms with Gasteiger partial charge < -0.3 is 35.5 Å². The van der Waals surface area contributed by atoms with E-state index in [0.29, 0.717) is 12.1 Å². The zero-order chi connectivity index (χ0) is 32.6. The number of carbonyl (C=O) groups is 3. The Kier molecular flexibility index (Phi) is 10.5. The van der Waals surface area contributed by atoms with Gasteiger partial charge in [0.25, 0.3) is 11.8 Å². The number of carbonyl (C=O) groups excluding carboxylic acids is 3. The van der Waals surface area contributed by atoms with E-state index in [1.807, 2.05) is 6.92 Å². The number of amides is 2.